The summed E-state index contributed by atoms with van der Waals surface area (Å²) in [5.41, 5.74) is 2.45. The molecular weight excluding hydrogens is 404 g/mol. The summed E-state index contributed by atoms with van der Waals surface area (Å²) in [6, 6.07) is 19.0. The zero-order chi connectivity index (χ0) is 21.0. The molecule has 0 bridgehead atoms. The number of benzene rings is 2. The Bertz CT molecular complexity index is 980. The SMILES string of the molecule is O=C(C1CCCN(c2nc3ccccc3s2)C1)N1CCN(CCc2ccccc2)CC1. The van der Waals surface area contributed by atoms with E-state index in [9.17, 15) is 4.79 Å². The van der Waals surface area contributed by atoms with Crippen LogP contribution in [0.15, 0.2) is 54.6 Å². The van der Waals surface area contributed by atoms with Crippen molar-refractivity contribution in [2.24, 2.45) is 5.92 Å². The summed E-state index contributed by atoms with van der Waals surface area (Å²) in [5, 5.41) is 1.06. The largest absolute Gasteiger partial charge is 0.347 e. The molecule has 0 N–H and O–H groups in total. The average molecular weight is 435 g/mol. The number of hydrogen-bond acceptors (Lipinski definition) is 5. The Hall–Kier alpha value is -2.44. The molecule has 1 aromatic heterocycles. The Labute approximate surface area is 188 Å². The molecule has 3 heterocycles. The van der Waals surface area contributed by atoms with Crippen molar-refractivity contribution in [2.45, 2.75) is 19.3 Å². The summed E-state index contributed by atoms with van der Waals surface area (Å²) < 4.78 is 1.22. The van der Waals surface area contributed by atoms with Gasteiger partial charge in [0.05, 0.1) is 16.1 Å². The number of fused-ring (bicyclic) bond motifs is 1. The van der Waals surface area contributed by atoms with Crippen molar-refractivity contribution in [3.8, 4) is 0 Å². The van der Waals surface area contributed by atoms with Crippen LogP contribution < -0.4 is 4.90 Å². The molecule has 5 rings (SSSR count). The summed E-state index contributed by atoms with van der Waals surface area (Å²) >= 11 is 1.74. The lowest BCUT2D eigenvalue weighted by Gasteiger charge is -2.39. The number of piperidine rings is 1. The first-order chi connectivity index (χ1) is 15.3. The first-order valence-electron chi connectivity index (χ1n) is 11.4. The van der Waals surface area contributed by atoms with E-state index in [1.165, 1.54) is 10.3 Å². The molecule has 31 heavy (non-hydrogen) atoms. The van der Waals surface area contributed by atoms with Crippen molar-refractivity contribution in [3.05, 3.63) is 60.2 Å². The molecule has 0 saturated carbocycles. The third-order valence-electron chi connectivity index (χ3n) is 6.57. The monoisotopic (exact) mass is 434 g/mol. The fourth-order valence-electron chi connectivity index (χ4n) is 4.73. The molecule has 3 aromatic rings. The molecule has 2 aromatic carbocycles. The van der Waals surface area contributed by atoms with Gasteiger partial charge < -0.3 is 9.80 Å². The van der Waals surface area contributed by atoms with Gasteiger partial charge in [-0.2, -0.15) is 0 Å². The van der Waals surface area contributed by atoms with E-state index in [0.717, 1.165) is 75.7 Å². The second-order valence-corrected chi connectivity index (χ2v) is 9.66. The van der Waals surface area contributed by atoms with Crippen molar-refractivity contribution in [3.63, 3.8) is 0 Å². The third-order valence-corrected chi connectivity index (χ3v) is 7.66. The van der Waals surface area contributed by atoms with Crippen molar-refractivity contribution < 1.29 is 4.79 Å². The van der Waals surface area contributed by atoms with Gasteiger partial charge >= 0.3 is 0 Å². The molecule has 2 fully saturated rings. The minimum absolute atomic E-state index is 0.0941. The Kier molecular flexibility index (Phi) is 6.18. The Balaban J connectivity index is 1.14. The fourth-order valence-corrected chi connectivity index (χ4v) is 5.73. The van der Waals surface area contributed by atoms with Gasteiger partial charge in [0.15, 0.2) is 5.13 Å². The van der Waals surface area contributed by atoms with Crippen LogP contribution >= 0.6 is 11.3 Å². The van der Waals surface area contributed by atoms with E-state index in [1.807, 2.05) is 6.07 Å². The number of rotatable bonds is 5. The number of carbonyl (C=O) groups excluding carboxylic acids is 1. The number of thiazole rings is 1. The molecule has 1 atom stereocenters. The minimum Gasteiger partial charge on any atom is -0.347 e. The van der Waals surface area contributed by atoms with Crippen LogP contribution in [0.2, 0.25) is 0 Å². The first-order valence-corrected chi connectivity index (χ1v) is 12.2. The van der Waals surface area contributed by atoms with E-state index in [2.05, 4.69) is 63.2 Å². The lowest BCUT2D eigenvalue weighted by molar-refractivity contribution is -0.137. The van der Waals surface area contributed by atoms with Gasteiger partial charge in [0.2, 0.25) is 5.91 Å². The summed E-state index contributed by atoms with van der Waals surface area (Å²) in [7, 11) is 0. The minimum atomic E-state index is 0.0941. The van der Waals surface area contributed by atoms with Gasteiger partial charge in [0.1, 0.15) is 0 Å². The zero-order valence-corrected chi connectivity index (χ0v) is 18.8. The van der Waals surface area contributed by atoms with Crippen LogP contribution in [0.1, 0.15) is 18.4 Å². The van der Waals surface area contributed by atoms with E-state index in [1.54, 1.807) is 11.3 Å². The topological polar surface area (TPSA) is 39.7 Å². The van der Waals surface area contributed by atoms with E-state index in [-0.39, 0.29) is 5.92 Å². The quantitative estimate of drug-likeness (QED) is 0.611. The molecule has 1 unspecified atom stereocenters. The number of carbonyl (C=O) groups is 1. The van der Waals surface area contributed by atoms with E-state index >= 15 is 0 Å². The van der Waals surface area contributed by atoms with E-state index in [4.69, 9.17) is 4.98 Å². The smallest absolute Gasteiger partial charge is 0.227 e. The highest BCUT2D eigenvalue weighted by Gasteiger charge is 2.32. The molecule has 6 heteroatoms. The maximum atomic E-state index is 13.3. The summed E-state index contributed by atoms with van der Waals surface area (Å²) in [5.74, 6) is 0.435. The van der Waals surface area contributed by atoms with E-state index < -0.39 is 0 Å². The maximum Gasteiger partial charge on any atom is 0.227 e. The molecule has 0 aliphatic carbocycles. The van der Waals surface area contributed by atoms with Gasteiger partial charge in [-0.1, -0.05) is 53.8 Å². The maximum absolute atomic E-state index is 13.3. The summed E-state index contributed by atoms with van der Waals surface area (Å²) in [4.78, 5) is 25.0. The van der Waals surface area contributed by atoms with Crippen LogP contribution in [-0.2, 0) is 11.2 Å². The number of piperazine rings is 1. The van der Waals surface area contributed by atoms with Gasteiger partial charge in [0.25, 0.3) is 0 Å². The molecule has 2 aliphatic heterocycles. The highest BCUT2D eigenvalue weighted by molar-refractivity contribution is 7.22. The average Bonchev–Trinajstić information content (AvgIpc) is 3.28. The van der Waals surface area contributed by atoms with Gasteiger partial charge in [0, 0.05) is 45.8 Å². The molecule has 1 amide bonds. The summed E-state index contributed by atoms with van der Waals surface area (Å²) in [6.45, 7) is 6.53. The van der Waals surface area contributed by atoms with Gasteiger partial charge in [-0.05, 0) is 37.0 Å². The highest BCUT2D eigenvalue weighted by atomic mass is 32.1. The number of nitrogens with zero attached hydrogens (tertiary/aromatic N) is 4. The molecule has 2 saturated heterocycles. The van der Waals surface area contributed by atoms with Gasteiger partial charge in [-0.15, -0.1) is 0 Å². The Morgan fingerprint density at radius 1 is 0.968 bits per heavy atom. The van der Waals surface area contributed by atoms with Gasteiger partial charge in [-0.3, -0.25) is 9.69 Å². The zero-order valence-electron chi connectivity index (χ0n) is 17.9. The second kappa shape index (κ2) is 9.37. The highest BCUT2D eigenvalue weighted by Crippen LogP contribution is 2.32. The normalized spacial score (nSPS) is 20.3. The van der Waals surface area contributed by atoms with Crippen LogP contribution in [0, 0.1) is 5.92 Å². The number of para-hydroxylation sites is 1. The first kappa shape index (κ1) is 20.5. The van der Waals surface area contributed by atoms with Crippen molar-refractivity contribution in [1.29, 1.82) is 0 Å². The number of aromatic nitrogens is 1. The predicted octanol–water partition coefficient (Wildman–Crippen LogP) is 3.90. The lowest BCUT2D eigenvalue weighted by atomic mass is 9.96. The Morgan fingerprint density at radius 3 is 2.55 bits per heavy atom. The van der Waals surface area contributed by atoms with Crippen LogP contribution in [-0.4, -0.2) is 66.5 Å². The molecular formula is C25H30N4OS. The number of anilines is 1. The molecule has 2 aliphatic rings. The third kappa shape index (κ3) is 4.75. The van der Waals surface area contributed by atoms with Crippen molar-refractivity contribution in [2.75, 3.05) is 50.7 Å². The predicted molar refractivity (Wildman–Crippen MR) is 128 cm³/mol. The van der Waals surface area contributed by atoms with E-state index in [0.29, 0.717) is 5.91 Å². The van der Waals surface area contributed by atoms with Crippen molar-refractivity contribution >= 4 is 32.6 Å². The lowest BCUT2D eigenvalue weighted by Crippen LogP contribution is -2.52. The van der Waals surface area contributed by atoms with Crippen LogP contribution in [0.4, 0.5) is 5.13 Å². The summed E-state index contributed by atoms with van der Waals surface area (Å²) in [6.07, 6.45) is 3.13. The molecule has 0 spiro atoms. The number of hydrogen-bond donors (Lipinski definition) is 0. The molecule has 0 radical (unpaired) electrons. The van der Waals surface area contributed by atoms with Crippen LogP contribution in [0.3, 0.4) is 0 Å². The molecule has 162 valence electrons. The second-order valence-electron chi connectivity index (χ2n) is 8.65. The fraction of sp³-hybridized carbons (Fsp3) is 0.440. The number of amides is 1. The van der Waals surface area contributed by atoms with Crippen LogP contribution in [0.25, 0.3) is 10.2 Å². The van der Waals surface area contributed by atoms with Gasteiger partial charge in [-0.25, -0.2) is 4.98 Å². The van der Waals surface area contributed by atoms with Crippen molar-refractivity contribution in [1.82, 2.24) is 14.8 Å². The van der Waals surface area contributed by atoms with Crippen LogP contribution in [0.5, 0.6) is 0 Å². The molecule has 5 nitrogen and oxygen atoms in total. The Morgan fingerprint density at radius 2 is 1.74 bits per heavy atom. The standard InChI is InChI=1S/C25H30N4OS/c30-24(28-17-15-27(16-18-28)14-12-20-7-2-1-3-8-20)21-9-6-13-29(19-21)25-26-22-10-4-5-11-23(22)31-25/h1-5,7-8,10-11,21H,6,9,12-19H2.